The Hall–Kier alpha value is -1.06. The molecule has 0 saturated carbocycles. The molecule has 0 radical (unpaired) electrons. The van der Waals surface area contributed by atoms with Crippen LogP contribution in [-0.4, -0.2) is 16.4 Å². The fourth-order valence-electron chi connectivity index (χ4n) is 1.55. The summed E-state index contributed by atoms with van der Waals surface area (Å²) in [5.41, 5.74) is 6.78. The average Bonchev–Trinajstić information content (AvgIpc) is 2.36. The minimum absolute atomic E-state index is 0.205. The van der Waals surface area contributed by atoms with Gasteiger partial charge < -0.3 is 5.73 Å². The Bertz CT molecular complexity index is 343. The molecule has 1 atom stereocenters. The molecule has 3 nitrogen and oxygen atoms in total. The molecule has 1 aromatic carbocycles. The first-order valence-electron chi connectivity index (χ1n) is 5.91. The van der Waals surface area contributed by atoms with Crippen molar-refractivity contribution in [1.29, 1.82) is 0 Å². The lowest BCUT2D eigenvalue weighted by molar-refractivity contribution is -0.128. The predicted molar refractivity (Wildman–Crippen MR) is 70.3 cm³/mol. The van der Waals surface area contributed by atoms with Crippen LogP contribution in [0, 0.1) is 0 Å². The Balaban J connectivity index is 2.47. The SMILES string of the molecule is CCCCC(N)C(=O)N(Cl)Cc1ccccc1. The first-order chi connectivity index (χ1) is 8.15. The number of benzene rings is 1. The van der Waals surface area contributed by atoms with Crippen molar-refractivity contribution in [3.8, 4) is 0 Å². The van der Waals surface area contributed by atoms with Crippen LogP contribution >= 0.6 is 11.8 Å². The van der Waals surface area contributed by atoms with Crippen LogP contribution < -0.4 is 5.73 Å². The number of nitrogens with zero attached hydrogens (tertiary/aromatic N) is 1. The Kier molecular flexibility index (Phi) is 6.01. The van der Waals surface area contributed by atoms with E-state index < -0.39 is 6.04 Å². The van der Waals surface area contributed by atoms with E-state index in [2.05, 4.69) is 6.92 Å². The molecule has 4 heteroatoms. The monoisotopic (exact) mass is 254 g/mol. The molecular formula is C13H19ClN2O. The molecule has 0 heterocycles. The van der Waals surface area contributed by atoms with E-state index >= 15 is 0 Å². The summed E-state index contributed by atoms with van der Waals surface area (Å²) >= 11 is 5.94. The van der Waals surface area contributed by atoms with Gasteiger partial charge >= 0.3 is 0 Å². The lowest BCUT2D eigenvalue weighted by atomic mass is 10.1. The van der Waals surface area contributed by atoms with Gasteiger partial charge in [-0.25, -0.2) is 4.42 Å². The number of nitrogens with two attached hydrogens (primary N) is 1. The lowest BCUT2D eigenvalue weighted by Crippen LogP contribution is -2.38. The number of hydrogen-bond donors (Lipinski definition) is 1. The molecule has 1 unspecified atom stereocenters. The smallest absolute Gasteiger partial charge is 0.254 e. The van der Waals surface area contributed by atoms with Crippen molar-refractivity contribution in [2.24, 2.45) is 5.73 Å². The van der Waals surface area contributed by atoms with Gasteiger partial charge in [0.25, 0.3) is 5.91 Å². The van der Waals surface area contributed by atoms with Crippen LogP contribution in [0.25, 0.3) is 0 Å². The molecule has 0 aliphatic carbocycles. The Morgan fingerprint density at radius 3 is 2.65 bits per heavy atom. The number of unbranched alkanes of at least 4 members (excludes halogenated alkanes) is 1. The van der Waals surface area contributed by atoms with Crippen LogP contribution in [0.5, 0.6) is 0 Å². The van der Waals surface area contributed by atoms with Crippen molar-refractivity contribution in [3.05, 3.63) is 35.9 Å². The van der Waals surface area contributed by atoms with E-state index in [1.165, 1.54) is 4.42 Å². The zero-order valence-corrected chi connectivity index (χ0v) is 10.9. The maximum absolute atomic E-state index is 11.8. The first-order valence-corrected chi connectivity index (χ1v) is 6.25. The number of rotatable bonds is 6. The highest BCUT2D eigenvalue weighted by Gasteiger charge is 2.19. The number of carbonyl (C=O) groups excluding carboxylic acids is 1. The number of amides is 1. The molecule has 0 aromatic heterocycles. The van der Waals surface area contributed by atoms with Gasteiger partial charge in [0.2, 0.25) is 0 Å². The van der Waals surface area contributed by atoms with E-state index in [-0.39, 0.29) is 5.91 Å². The molecule has 2 N–H and O–H groups in total. The summed E-state index contributed by atoms with van der Waals surface area (Å²) < 4.78 is 1.18. The standard InChI is InChI=1S/C13H19ClN2O/c1-2-3-9-12(15)13(17)16(14)10-11-7-5-4-6-8-11/h4-8,12H,2-3,9-10,15H2,1H3. The van der Waals surface area contributed by atoms with Gasteiger partial charge in [-0.05, 0) is 12.0 Å². The minimum Gasteiger partial charge on any atom is -0.320 e. The highest BCUT2D eigenvalue weighted by atomic mass is 35.5. The molecule has 1 amide bonds. The summed E-state index contributed by atoms with van der Waals surface area (Å²) in [5.74, 6) is -0.205. The number of halogens is 1. The largest absolute Gasteiger partial charge is 0.320 e. The highest BCUT2D eigenvalue weighted by molar-refractivity contribution is 6.21. The molecule has 17 heavy (non-hydrogen) atoms. The van der Waals surface area contributed by atoms with Gasteiger partial charge in [0.15, 0.2) is 0 Å². The maximum Gasteiger partial charge on any atom is 0.254 e. The van der Waals surface area contributed by atoms with Crippen molar-refractivity contribution in [1.82, 2.24) is 4.42 Å². The molecule has 0 spiro atoms. The van der Waals surface area contributed by atoms with Crippen LogP contribution in [0.4, 0.5) is 0 Å². The lowest BCUT2D eigenvalue weighted by Gasteiger charge is -2.18. The third kappa shape index (κ3) is 4.75. The topological polar surface area (TPSA) is 46.3 Å². The van der Waals surface area contributed by atoms with Crippen molar-refractivity contribution in [2.45, 2.75) is 38.8 Å². The summed E-state index contributed by atoms with van der Waals surface area (Å²) in [6.45, 7) is 2.46. The number of hydrogen-bond acceptors (Lipinski definition) is 2. The van der Waals surface area contributed by atoms with Gasteiger partial charge in [0, 0.05) is 11.8 Å². The fraction of sp³-hybridized carbons (Fsp3) is 0.462. The average molecular weight is 255 g/mol. The van der Waals surface area contributed by atoms with E-state index in [9.17, 15) is 4.79 Å². The minimum atomic E-state index is -0.490. The van der Waals surface area contributed by atoms with Crippen LogP contribution in [0.3, 0.4) is 0 Å². The molecule has 0 aliphatic rings. The van der Waals surface area contributed by atoms with Crippen LogP contribution in [-0.2, 0) is 11.3 Å². The summed E-state index contributed by atoms with van der Waals surface area (Å²) in [6, 6.07) is 9.14. The summed E-state index contributed by atoms with van der Waals surface area (Å²) in [4.78, 5) is 11.8. The quantitative estimate of drug-likeness (QED) is 0.794. The zero-order valence-electron chi connectivity index (χ0n) is 10.1. The van der Waals surface area contributed by atoms with Crippen molar-refractivity contribution in [2.75, 3.05) is 0 Å². The van der Waals surface area contributed by atoms with Crippen LogP contribution in [0.1, 0.15) is 31.7 Å². The Labute approximate surface area is 108 Å². The second-order valence-corrected chi connectivity index (χ2v) is 4.50. The normalized spacial score (nSPS) is 12.2. The third-order valence-electron chi connectivity index (χ3n) is 2.59. The molecule has 0 saturated heterocycles. The fourth-order valence-corrected chi connectivity index (χ4v) is 1.81. The van der Waals surface area contributed by atoms with Crippen LogP contribution in [0.15, 0.2) is 30.3 Å². The molecule has 0 fully saturated rings. The van der Waals surface area contributed by atoms with Gasteiger partial charge in [-0.15, -0.1) is 0 Å². The summed E-state index contributed by atoms with van der Waals surface area (Å²) in [6.07, 6.45) is 2.66. The van der Waals surface area contributed by atoms with Crippen molar-refractivity contribution < 1.29 is 4.79 Å². The molecule has 1 aromatic rings. The third-order valence-corrected chi connectivity index (χ3v) is 2.88. The Morgan fingerprint density at radius 2 is 2.06 bits per heavy atom. The van der Waals surface area contributed by atoms with Crippen molar-refractivity contribution >= 4 is 17.7 Å². The molecule has 0 bridgehead atoms. The molecule has 1 rings (SSSR count). The second kappa shape index (κ2) is 7.30. The summed E-state index contributed by atoms with van der Waals surface area (Å²) in [5, 5.41) is 0. The van der Waals surface area contributed by atoms with E-state index in [1.54, 1.807) is 0 Å². The van der Waals surface area contributed by atoms with Crippen LogP contribution in [0.2, 0.25) is 0 Å². The van der Waals surface area contributed by atoms with Gasteiger partial charge in [-0.2, -0.15) is 0 Å². The predicted octanol–water partition coefficient (Wildman–Crippen LogP) is 2.69. The maximum atomic E-state index is 11.8. The van der Waals surface area contributed by atoms with Gasteiger partial charge in [-0.1, -0.05) is 50.1 Å². The van der Waals surface area contributed by atoms with E-state index in [0.717, 1.165) is 18.4 Å². The second-order valence-electron chi connectivity index (χ2n) is 4.09. The van der Waals surface area contributed by atoms with E-state index in [4.69, 9.17) is 17.5 Å². The zero-order chi connectivity index (χ0) is 12.7. The van der Waals surface area contributed by atoms with Crippen molar-refractivity contribution in [3.63, 3.8) is 0 Å². The van der Waals surface area contributed by atoms with Gasteiger partial charge in [-0.3, -0.25) is 4.79 Å². The highest BCUT2D eigenvalue weighted by Crippen LogP contribution is 2.10. The van der Waals surface area contributed by atoms with Gasteiger partial charge in [0.1, 0.15) is 0 Å². The van der Waals surface area contributed by atoms with Gasteiger partial charge in [0.05, 0.1) is 12.6 Å². The number of carbonyl (C=O) groups is 1. The summed E-state index contributed by atoms with van der Waals surface area (Å²) in [7, 11) is 0. The molecular weight excluding hydrogens is 236 g/mol. The van der Waals surface area contributed by atoms with E-state index in [0.29, 0.717) is 13.0 Å². The molecule has 0 aliphatic heterocycles. The first kappa shape index (κ1) is 14.0. The van der Waals surface area contributed by atoms with E-state index in [1.807, 2.05) is 30.3 Å². The molecule has 94 valence electrons. The Morgan fingerprint density at radius 1 is 1.41 bits per heavy atom.